The van der Waals surface area contributed by atoms with Crippen molar-refractivity contribution in [3.05, 3.63) is 89.2 Å². The summed E-state index contributed by atoms with van der Waals surface area (Å²) in [6.07, 6.45) is 1.43. The van der Waals surface area contributed by atoms with Gasteiger partial charge >= 0.3 is 11.9 Å². The monoisotopic (exact) mass is 439 g/mol. The third kappa shape index (κ3) is 3.73. The molecule has 0 saturated heterocycles. The number of nitro groups is 1. The van der Waals surface area contributed by atoms with E-state index in [0.29, 0.717) is 16.1 Å². The molecule has 0 amide bonds. The fourth-order valence-electron chi connectivity index (χ4n) is 3.34. The van der Waals surface area contributed by atoms with E-state index < -0.39 is 28.4 Å². The molecule has 0 spiro atoms. The number of esters is 1. The average molecular weight is 439 g/mol. The number of hydrogen-bond donors (Lipinski definition) is 0. The van der Waals surface area contributed by atoms with Crippen LogP contribution in [0.5, 0.6) is 0 Å². The molecule has 3 heterocycles. The van der Waals surface area contributed by atoms with Crippen LogP contribution in [0.15, 0.2) is 62.2 Å². The Kier molecular flexibility index (Phi) is 5.38. The molecule has 1 aliphatic rings. The number of allylic oxidation sites excluding steroid dienone is 1. The van der Waals surface area contributed by atoms with Crippen molar-refractivity contribution in [1.29, 1.82) is 0 Å². The minimum atomic E-state index is -0.651. The van der Waals surface area contributed by atoms with Gasteiger partial charge in [-0.2, -0.15) is 0 Å². The Morgan fingerprint density at radius 3 is 2.71 bits per heavy atom. The number of carbonyl (C=O) groups is 1. The van der Waals surface area contributed by atoms with Gasteiger partial charge in [-0.15, -0.1) is 0 Å². The molecular weight excluding hydrogens is 422 g/mol. The van der Waals surface area contributed by atoms with Gasteiger partial charge in [0.15, 0.2) is 4.80 Å². The summed E-state index contributed by atoms with van der Waals surface area (Å²) in [4.78, 5) is 41.1. The van der Waals surface area contributed by atoms with Crippen LogP contribution in [0.25, 0.3) is 11.8 Å². The summed E-state index contributed by atoms with van der Waals surface area (Å²) in [5.41, 5.74) is 1.13. The van der Waals surface area contributed by atoms with Crippen molar-refractivity contribution >= 4 is 35.0 Å². The number of ether oxygens (including phenoxy) is 1. The van der Waals surface area contributed by atoms with Gasteiger partial charge in [0.2, 0.25) is 0 Å². The Hall–Kier alpha value is -3.79. The summed E-state index contributed by atoms with van der Waals surface area (Å²) in [5, 5.41) is 10.8. The van der Waals surface area contributed by atoms with E-state index in [2.05, 4.69) is 4.99 Å². The van der Waals surface area contributed by atoms with Gasteiger partial charge < -0.3 is 9.15 Å². The maximum atomic E-state index is 13.1. The highest BCUT2D eigenvalue weighted by molar-refractivity contribution is 7.07. The lowest BCUT2D eigenvalue weighted by Crippen LogP contribution is -2.35. The van der Waals surface area contributed by atoms with Crippen molar-refractivity contribution in [2.24, 2.45) is 4.99 Å². The smallest absolute Gasteiger partial charge is 0.433 e. The molecule has 31 heavy (non-hydrogen) atoms. The Bertz CT molecular complexity index is 1380. The van der Waals surface area contributed by atoms with E-state index in [0.717, 1.165) is 16.9 Å². The minimum absolute atomic E-state index is 0.176. The van der Waals surface area contributed by atoms with Gasteiger partial charge in [-0.3, -0.25) is 19.5 Å². The topological polar surface area (TPSA) is 117 Å². The SMILES string of the molecule is CCOC(=O)C1=C(C)n2c(s/c(=C/c3ccc([N+](=O)[O-])o3)c2=O)=N[C@@H]1c1ccccc1. The first kappa shape index (κ1) is 20.5. The van der Waals surface area contributed by atoms with Gasteiger partial charge in [0.1, 0.15) is 21.3 Å². The molecule has 2 aromatic heterocycles. The third-order valence-electron chi connectivity index (χ3n) is 4.72. The van der Waals surface area contributed by atoms with E-state index in [-0.39, 0.29) is 16.9 Å². The Balaban J connectivity index is 1.92. The zero-order valence-electron chi connectivity index (χ0n) is 16.6. The molecule has 4 rings (SSSR count). The van der Waals surface area contributed by atoms with Crippen molar-refractivity contribution in [2.45, 2.75) is 19.9 Å². The predicted octanol–water partition coefficient (Wildman–Crippen LogP) is 2.41. The highest BCUT2D eigenvalue weighted by Crippen LogP contribution is 2.32. The molecule has 10 heteroatoms. The second kappa shape index (κ2) is 8.15. The Morgan fingerprint density at radius 1 is 1.32 bits per heavy atom. The minimum Gasteiger partial charge on any atom is -0.463 e. The van der Waals surface area contributed by atoms with Crippen LogP contribution in [0, 0.1) is 10.1 Å². The standard InChI is InChI=1S/C21H17N3O6S/c1-3-29-20(26)17-12(2)23-19(25)15(11-14-9-10-16(30-14)24(27)28)31-21(23)22-18(17)13-7-5-4-6-8-13/h4-11,18H,3H2,1-2H3/b15-11+/t18-/m1/s1. The lowest BCUT2D eigenvalue weighted by Gasteiger charge is -2.22. The summed E-state index contributed by atoms with van der Waals surface area (Å²) in [7, 11) is 0. The molecule has 0 aliphatic carbocycles. The van der Waals surface area contributed by atoms with E-state index in [1.807, 2.05) is 30.3 Å². The Morgan fingerprint density at radius 2 is 2.06 bits per heavy atom. The lowest BCUT2D eigenvalue weighted by atomic mass is 9.97. The van der Waals surface area contributed by atoms with Crippen LogP contribution < -0.4 is 14.9 Å². The van der Waals surface area contributed by atoms with E-state index in [1.54, 1.807) is 13.8 Å². The second-order valence-corrected chi connectivity index (χ2v) is 7.64. The quantitative estimate of drug-likeness (QED) is 0.342. The normalized spacial score (nSPS) is 16.1. The first-order chi connectivity index (χ1) is 14.9. The highest BCUT2D eigenvalue weighted by atomic mass is 32.1. The molecule has 1 aromatic carbocycles. The average Bonchev–Trinajstić information content (AvgIpc) is 3.34. The molecule has 9 nitrogen and oxygen atoms in total. The van der Waals surface area contributed by atoms with Crippen molar-refractivity contribution in [3.8, 4) is 0 Å². The number of nitrogens with zero attached hydrogens (tertiary/aromatic N) is 3. The molecule has 0 bridgehead atoms. The van der Waals surface area contributed by atoms with E-state index in [4.69, 9.17) is 9.15 Å². The van der Waals surface area contributed by atoms with Crippen LogP contribution in [0.4, 0.5) is 5.88 Å². The van der Waals surface area contributed by atoms with Crippen molar-refractivity contribution in [1.82, 2.24) is 4.57 Å². The molecule has 158 valence electrons. The van der Waals surface area contributed by atoms with Crippen molar-refractivity contribution in [3.63, 3.8) is 0 Å². The summed E-state index contributed by atoms with van der Waals surface area (Å²) in [5.74, 6) is -0.773. The lowest BCUT2D eigenvalue weighted by molar-refractivity contribution is -0.402. The zero-order valence-corrected chi connectivity index (χ0v) is 17.4. The van der Waals surface area contributed by atoms with E-state index in [1.165, 1.54) is 22.8 Å². The van der Waals surface area contributed by atoms with Gasteiger partial charge in [-0.1, -0.05) is 41.7 Å². The van der Waals surface area contributed by atoms with Crippen LogP contribution in [0.3, 0.4) is 0 Å². The fourth-order valence-corrected chi connectivity index (χ4v) is 4.36. The van der Waals surface area contributed by atoms with Gasteiger partial charge in [0, 0.05) is 11.8 Å². The highest BCUT2D eigenvalue weighted by Gasteiger charge is 2.31. The first-order valence-corrected chi connectivity index (χ1v) is 10.2. The molecule has 1 atom stereocenters. The van der Waals surface area contributed by atoms with Gasteiger partial charge in [-0.05, 0) is 25.5 Å². The number of aromatic nitrogens is 1. The van der Waals surface area contributed by atoms with E-state index in [9.17, 15) is 19.7 Å². The zero-order chi connectivity index (χ0) is 22.1. The summed E-state index contributed by atoms with van der Waals surface area (Å²) in [6.45, 7) is 3.58. The molecule has 0 radical (unpaired) electrons. The number of furan rings is 1. The molecule has 0 fully saturated rings. The number of rotatable bonds is 5. The number of fused-ring (bicyclic) bond motifs is 1. The molecule has 1 aliphatic heterocycles. The first-order valence-electron chi connectivity index (χ1n) is 9.39. The van der Waals surface area contributed by atoms with E-state index >= 15 is 0 Å². The van der Waals surface area contributed by atoms with Crippen LogP contribution in [0.2, 0.25) is 0 Å². The fraction of sp³-hybridized carbons (Fsp3) is 0.190. The van der Waals surface area contributed by atoms with Gasteiger partial charge in [0.05, 0.1) is 18.2 Å². The van der Waals surface area contributed by atoms with Crippen LogP contribution in [-0.2, 0) is 9.53 Å². The molecule has 3 aromatic rings. The molecular formula is C21H17N3O6S. The van der Waals surface area contributed by atoms with Crippen molar-refractivity contribution < 1.29 is 18.9 Å². The third-order valence-corrected chi connectivity index (χ3v) is 5.70. The number of thiazole rings is 1. The predicted molar refractivity (Wildman–Crippen MR) is 113 cm³/mol. The largest absolute Gasteiger partial charge is 0.463 e. The number of benzene rings is 1. The number of carbonyl (C=O) groups excluding carboxylic acids is 1. The van der Waals surface area contributed by atoms with Crippen LogP contribution >= 0.6 is 11.3 Å². The van der Waals surface area contributed by atoms with Crippen molar-refractivity contribution in [2.75, 3.05) is 6.61 Å². The van der Waals surface area contributed by atoms with Crippen LogP contribution in [-0.4, -0.2) is 22.1 Å². The number of hydrogen-bond acceptors (Lipinski definition) is 8. The molecule has 0 unspecified atom stereocenters. The van der Waals surface area contributed by atoms with Gasteiger partial charge in [0.25, 0.3) is 5.56 Å². The van der Waals surface area contributed by atoms with Gasteiger partial charge in [-0.25, -0.2) is 9.79 Å². The maximum Gasteiger partial charge on any atom is 0.433 e. The summed E-state index contributed by atoms with van der Waals surface area (Å²) in [6, 6.07) is 11.3. The Labute approximate surface area is 179 Å². The summed E-state index contributed by atoms with van der Waals surface area (Å²) >= 11 is 1.12. The second-order valence-electron chi connectivity index (χ2n) is 6.63. The maximum absolute atomic E-state index is 13.1. The summed E-state index contributed by atoms with van der Waals surface area (Å²) < 4.78 is 12.0. The van der Waals surface area contributed by atoms with Crippen LogP contribution in [0.1, 0.15) is 31.2 Å². The molecule has 0 saturated carbocycles. The molecule has 0 N–H and O–H groups in total.